The van der Waals surface area contributed by atoms with Crippen molar-refractivity contribution in [3.05, 3.63) is 30.1 Å². The number of hydrogen-bond donors (Lipinski definition) is 1. The fourth-order valence-corrected chi connectivity index (χ4v) is 1.41. The minimum atomic E-state index is -0.415. The Hall–Kier alpha value is -1.38. The summed E-state index contributed by atoms with van der Waals surface area (Å²) in [6, 6.07) is 5.73. The summed E-state index contributed by atoms with van der Waals surface area (Å²) >= 11 is 0. The SMILES string of the molecule is CC[C@H](C)C(=O)NC(C)(C)c1ccccn1. The first-order chi connectivity index (χ1) is 7.47. The molecule has 0 saturated carbocycles. The zero-order valence-corrected chi connectivity index (χ0v) is 10.4. The summed E-state index contributed by atoms with van der Waals surface area (Å²) in [6.07, 6.45) is 2.59. The lowest BCUT2D eigenvalue weighted by Gasteiger charge is -2.27. The van der Waals surface area contributed by atoms with Crippen LogP contribution >= 0.6 is 0 Å². The Bertz CT molecular complexity index is 346. The van der Waals surface area contributed by atoms with Crippen LogP contribution in [0.1, 0.15) is 39.8 Å². The quantitative estimate of drug-likeness (QED) is 0.847. The van der Waals surface area contributed by atoms with E-state index in [1.165, 1.54) is 0 Å². The summed E-state index contributed by atoms with van der Waals surface area (Å²) in [5.41, 5.74) is 0.466. The van der Waals surface area contributed by atoms with Crippen LogP contribution in [0.25, 0.3) is 0 Å². The highest BCUT2D eigenvalue weighted by molar-refractivity contribution is 5.79. The van der Waals surface area contributed by atoms with E-state index in [2.05, 4.69) is 10.3 Å². The normalized spacial score (nSPS) is 13.2. The molecular formula is C13H20N2O. The molecule has 0 saturated heterocycles. The minimum absolute atomic E-state index is 0.0444. The zero-order valence-electron chi connectivity index (χ0n) is 10.4. The number of carbonyl (C=O) groups excluding carboxylic acids is 1. The van der Waals surface area contributed by atoms with Crippen molar-refractivity contribution in [2.75, 3.05) is 0 Å². The molecular weight excluding hydrogens is 200 g/mol. The number of amides is 1. The Morgan fingerprint density at radius 1 is 1.50 bits per heavy atom. The maximum atomic E-state index is 11.8. The Balaban J connectivity index is 2.76. The Labute approximate surface area is 97.3 Å². The molecule has 0 unspecified atom stereocenters. The zero-order chi connectivity index (χ0) is 12.2. The lowest BCUT2D eigenvalue weighted by Crippen LogP contribution is -2.43. The van der Waals surface area contributed by atoms with Gasteiger partial charge in [0.2, 0.25) is 5.91 Å². The molecule has 1 amide bonds. The summed E-state index contributed by atoms with van der Waals surface area (Å²) in [6.45, 7) is 7.88. The molecule has 0 aliphatic carbocycles. The van der Waals surface area contributed by atoms with Gasteiger partial charge in [0.25, 0.3) is 0 Å². The molecule has 0 bridgehead atoms. The molecule has 1 heterocycles. The standard InChI is InChI=1S/C13H20N2O/c1-5-10(2)12(16)15-13(3,4)11-8-6-7-9-14-11/h6-10H,5H2,1-4H3,(H,15,16)/t10-/m0/s1. The fraction of sp³-hybridized carbons (Fsp3) is 0.538. The molecule has 1 rings (SSSR count). The van der Waals surface area contributed by atoms with E-state index in [9.17, 15) is 4.79 Å². The van der Waals surface area contributed by atoms with Crippen LogP contribution in [-0.4, -0.2) is 10.9 Å². The molecule has 0 aliphatic rings. The number of carbonyl (C=O) groups is 1. The topological polar surface area (TPSA) is 42.0 Å². The van der Waals surface area contributed by atoms with Crippen LogP contribution in [0.4, 0.5) is 0 Å². The summed E-state index contributed by atoms with van der Waals surface area (Å²) in [5.74, 6) is 0.126. The van der Waals surface area contributed by atoms with Gasteiger partial charge in [0.1, 0.15) is 0 Å². The maximum absolute atomic E-state index is 11.8. The van der Waals surface area contributed by atoms with Crippen LogP contribution in [0.15, 0.2) is 24.4 Å². The number of pyridine rings is 1. The average molecular weight is 220 g/mol. The van der Waals surface area contributed by atoms with Gasteiger partial charge in [0, 0.05) is 12.1 Å². The van der Waals surface area contributed by atoms with E-state index in [-0.39, 0.29) is 11.8 Å². The Morgan fingerprint density at radius 3 is 2.69 bits per heavy atom. The molecule has 1 aromatic heterocycles. The van der Waals surface area contributed by atoms with Crippen LogP contribution in [0.5, 0.6) is 0 Å². The molecule has 0 fully saturated rings. The van der Waals surface area contributed by atoms with Gasteiger partial charge in [-0.05, 0) is 32.4 Å². The summed E-state index contributed by atoms with van der Waals surface area (Å²) in [4.78, 5) is 16.1. The third-order valence-corrected chi connectivity index (χ3v) is 2.80. The van der Waals surface area contributed by atoms with Crippen molar-refractivity contribution in [2.45, 2.75) is 39.7 Å². The third kappa shape index (κ3) is 3.05. The smallest absolute Gasteiger partial charge is 0.223 e. The van der Waals surface area contributed by atoms with Crippen LogP contribution in [-0.2, 0) is 10.3 Å². The van der Waals surface area contributed by atoms with Crippen LogP contribution in [0, 0.1) is 5.92 Å². The number of nitrogens with one attached hydrogen (secondary N) is 1. The molecule has 3 heteroatoms. The lowest BCUT2D eigenvalue weighted by molar-refractivity contribution is -0.126. The highest BCUT2D eigenvalue weighted by Crippen LogP contribution is 2.18. The van der Waals surface area contributed by atoms with Gasteiger partial charge in [-0.3, -0.25) is 9.78 Å². The van der Waals surface area contributed by atoms with Gasteiger partial charge < -0.3 is 5.32 Å². The summed E-state index contributed by atoms with van der Waals surface area (Å²) < 4.78 is 0. The van der Waals surface area contributed by atoms with Crippen molar-refractivity contribution in [1.82, 2.24) is 10.3 Å². The Morgan fingerprint density at radius 2 is 2.19 bits per heavy atom. The van der Waals surface area contributed by atoms with Crippen molar-refractivity contribution in [1.29, 1.82) is 0 Å². The van der Waals surface area contributed by atoms with E-state index in [4.69, 9.17) is 0 Å². The first-order valence-corrected chi connectivity index (χ1v) is 5.71. The van der Waals surface area contributed by atoms with Gasteiger partial charge in [-0.15, -0.1) is 0 Å². The van der Waals surface area contributed by atoms with E-state index in [0.717, 1.165) is 12.1 Å². The second-order valence-electron chi connectivity index (χ2n) is 4.64. The van der Waals surface area contributed by atoms with Crippen molar-refractivity contribution in [2.24, 2.45) is 5.92 Å². The van der Waals surface area contributed by atoms with Crippen LogP contribution < -0.4 is 5.32 Å². The van der Waals surface area contributed by atoms with Gasteiger partial charge in [-0.25, -0.2) is 0 Å². The number of hydrogen-bond acceptors (Lipinski definition) is 2. The van der Waals surface area contributed by atoms with Gasteiger partial charge >= 0.3 is 0 Å². The Kier molecular flexibility index (Phi) is 4.05. The predicted molar refractivity (Wildman–Crippen MR) is 64.9 cm³/mol. The number of rotatable bonds is 4. The minimum Gasteiger partial charge on any atom is -0.345 e. The molecule has 88 valence electrons. The number of nitrogens with zero attached hydrogens (tertiary/aromatic N) is 1. The van der Waals surface area contributed by atoms with Gasteiger partial charge in [-0.2, -0.15) is 0 Å². The van der Waals surface area contributed by atoms with Gasteiger partial charge in [0.05, 0.1) is 11.2 Å². The largest absolute Gasteiger partial charge is 0.345 e. The number of aromatic nitrogens is 1. The highest BCUT2D eigenvalue weighted by atomic mass is 16.2. The second kappa shape index (κ2) is 5.10. The lowest BCUT2D eigenvalue weighted by atomic mass is 9.98. The van der Waals surface area contributed by atoms with Crippen LogP contribution in [0.3, 0.4) is 0 Å². The predicted octanol–water partition coefficient (Wildman–Crippen LogP) is 2.48. The van der Waals surface area contributed by atoms with Gasteiger partial charge in [0.15, 0.2) is 0 Å². The van der Waals surface area contributed by atoms with Crippen molar-refractivity contribution in [3.8, 4) is 0 Å². The summed E-state index contributed by atoms with van der Waals surface area (Å²) in [7, 11) is 0. The van der Waals surface area contributed by atoms with E-state index in [1.807, 2.05) is 45.9 Å². The van der Waals surface area contributed by atoms with Crippen LogP contribution in [0.2, 0.25) is 0 Å². The van der Waals surface area contributed by atoms with Crippen molar-refractivity contribution >= 4 is 5.91 Å². The first-order valence-electron chi connectivity index (χ1n) is 5.71. The fourth-order valence-electron chi connectivity index (χ4n) is 1.41. The molecule has 3 nitrogen and oxygen atoms in total. The summed E-state index contributed by atoms with van der Waals surface area (Å²) in [5, 5.41) is 3.02. The van der Waals surface area contributed by atoms with Gasteiger partial charge in [-0.1, -0.05) is 19.9 Å². The van der Waals surface area contributed by atoms with E-state index in [0.29, 0.717) is 0 Å². The molecule has 0 aliphatic heterocycles. The average Bonchev–Trinajstić information content (AvgIpc) is 2.28. The van der Waals surface area contributed by atoms with E-state index >= 15 is 0 Å². The molecule has 0 aromatic carbocycles. The maximum Gasteiger partial charge on any atom is 0.223 e. The second-order valence-corrected chi connectivity index (χ2v) is 4.64. The molecule has 0 radical (unpaired) electrons. The highest BCUT2D eigenvalue weighted by Gasteiger charge is 2.25. The third-order valence-electron chi connectivity index (χ3n) is 2.80. The molecule has 1 N–H and O–H groups in total. The molecule has 1 aromatic rings. The molecule has 0 spiro atoms. The molecule has 1 atom stereocenters. The first kappa shape index (κ1) is 12.7. The van der Waals surface area contributed by atoms with E-state index < -0.39 is 5.54 Å². The monoisotopic (exact) mass is 220 g/mol. The van der Waals surface area contributed by atoms with Crippen molar-refractivity contribution in [3.63, 3.8) is 0 Å². The molecule has 16 heavy (non-hydrogen) atoms. The van der Waals surface area contributed by atoms with E-state index in [1.54, 1.807) is 6.20 Å². The van der Waals surface area contributed by atoms with Crippen molar-refractivity contribution < 1.29 is 4.79 Å².